The zero-order valence-corrected chi connectivity index (χ0v) is 18.0. The Bertz CT molecular complexity index is 1170. The Kier molecular flexibility index (Phi) is 6.00. The molecule has 1 aromatic heterocycles. The lowest BCUT2D eigenvalue weighted by molar-refractivity contribution is 0.323. The van der Waals surface area contributed by atoms with Gasteiger partial charge in [-0.3, -0.25) is 0 Å². The summed E-state index contributed by atoms with van der Waals surface area (Å²) in [5.41, 5.74) is 5.49. The number of ether oxygens (including phenoxy) is 2. The van der Waals surface area contributed by atoms with E-state index in [1.165, 1.54) is 10.3 Å². The first-order chi connectivity index (χ1) is 14.7. The smallest absolute Gasteiger partial charge is 0.166 e. The van der Waals surface area contributed by atoms with Crippen molar-refractivity contribution >= 4 is 27.2 Å². The Morgan fingerprint density at radius 1 is 1.10 bits per heavy atom. The highest BCUT2D eigenvalue weighted by atomic mass is 32.1. The van der Waals surface area contributed by atoms with Gasteiger partial charge in [0.2, 0.25) is 0 Å². The lowest BCUT2D eigenvalue weighted by atomic mass is 10.1. The van der Waals surface area contributed by atoms with Gasteiger partial charge in [0.05, 0.1) is 17.3 Å². The minimum Gasteiger partial charge on any atom is -0.493 e. The number of nitrogens with one attached hydrogen (secondary N) is 1. The maximum absolute atomic E-state index is 5.82. The summed E-state index contributed by atoms with van der Waals surface area (Å²) in [4.78, 5) is 4.77. The van der Waals surface area contributed by atoms with Crippen molar-refractivity contribution in [3.05, 3.63) is 84.4 Å². The van der Waals surface area contributed by atoms with E-state index in [1.54, 1.807) is 24.5 Å². The SMILES string of the molecule is C=CCOc1c(CNc2ccc(-c3nc4ccc(C)cc4s3)cc2)cccc1OC. The highest BCUT2D eigenvalue weighted by Crippen LogP contribution is 2.33. The fourth-order valence-corrected chi connectivity index (χ4v) is 4.32. The summed E-state index contributed by atoms with van der Waals surface area (Å²) in [5, 5.41) is 4.50. The maximum Gasteiger partial charge on any atom is 0.166 e. The number of hydrogen-bond acceptors (Lipinski definition) is 5. The van der Waals surface area contributed by atoms with E-state index in [9.17, 15) is 0 Å². The van der Waals surface area contributed by atoms with Gasteiger partial charge in [0, 0.05) is 23.4 Å². The third-order valence-electron chi connectivity index (χ3n) is 4.78. The van der Waals surface area contributed by atoms with Crippen LogP contribution in [-0.2, 0) is 6.54 Å². The number of aryl methyl sites for hydroxylation is 1. The monoisotopic (exact) mass is 416 g/mol. The molecule has 0 spiro atoms. The highest BCUT2D eigenvalue weighted by Gasteiger charge is 2.11. The summed E-state index contributed by atoms with van der Waals surface area (Å²) in [6, 6.07) is 20.6. The molecule has 0 aliphatic carbocycles. The first-order valence-electron chi connectivity index (χ1n) is 9.79. The van der Waals surface area contributed by atoms with Crippen molar-refractivity contribution in [3.8, 4) is 22.1 Å². The Labute approximate surface area is 180 Å². The molecule has 0 saturated carbocycles. The van der Waals surface area contributed by atoms with Crippen molar-refractivity contribution in [2.75, 3.05) is 19.0 Å². The van der Waals surface area contributed by atoms with Crippen molar-refractivity contribution < 1.29 is 9.47 Å². The molecule has 0 fully saturated rings. The van der Waals surface area contributed by atoms with Crippen LogP contribution in [0.5, 0.6) is 11.5 Å². The number of anilines is 1. The van der Waals surface area contributed by atoms with E-state index >= 15 is 0 Å². The molecule has 152 valence electrons. The van der Waals surface area contributed by atoms with Crippen LogP contribution in [0.4, 0.5) is 5.69 Å². The molecule has 3 aromatic carbocycles. The second-order valence-electron chi connectivity index (χ2n) is 6.97. The number of nitrogens with zero attached hydrogens (tertiary/aromatic N) is 1. The van der Waals surface area contributed by atoms with Gasteiger partial charge >= 0.3 is 0 Å². The minimum absolute atomic E-state index is 0.434. The summed E-state index contributed by atoms with van der Waals surface area (Å²) < 4.78 is 12.5. The molecule has 5 heteroatoms. The Morgan fingerprint density at radius 2 is 1.93 bits per heavy atom. The van der Waals surface area contributed by atoms with Crippen LogP contribution in [0.25, 0.3) is 20.8 Å². The van der Waals surface area contributed by atoms with E-state index in [4.69, 9.17) is 14.5 Å². The summed E-state index contributed by atoms with van der Waals surface area (Å²) >= 11 is 1.72. The van der Waals surface area contributed by atoms with Gasteiger partial charge in [0.1, 0.15) is 11.6 Å². The molecular formula is C25H24N2O2S. The number of hydrogen-bond donors (Lipinski definition) is 1. The number of methoxy groups -OCH3 is 1. The molecule has 4 aromatic rings. The standard InChI is InChI=1S/C25H24N2O2S/c1-4-14-29-24-19(6-5-7-22(24)28-3)16-26-20-11-9-18(10-12-20)25-27-21-13-8-17(2)15-23(21)30-25/h4-13,15,26H,1,14,16H2,2-3H3. The van der Waals surface area contributed by atoms with E-state index < -0.39 is 0 Å². The number of thiazole rings is 1. The van der Waals surface area contributed by atoms with E-state index in [0.29, 0.717) is 13.2 Å². The molecule has 1 N–H and O–H groups in total. The predicted octanol–water partition coefficient (Wildman–Crippen LogP) is 6.46. The van der Waals surface area contributed by atoms with Crippen molar-refractivity contribution in [3.63, 3.8) is 0 Å². The van der Waals surface area contributed by atoms with Crippen LogP contribution < -0.4 is 14.8 Å². The zero-order valence-electron chi connectivity index (χ0n) is 17.1. The first-order valence-corrected chi connectivity index (χ1v) is 10.6. The normalized spacial score (nSPS) is 10.7. The van der Waals surface area contributed by atoms with Crippen LogP contribution >= 0.6 is 11.3 Å². The van der Waals surface area contributed by atoms with Crippen molar-refractivity contribution in [2.45, 2.75) is 13.5 Å². The summed E-state index contributed by atoms with van der Waals surface area (Å²) in [6.07, 6.45) is 1.73. The molecule has 0 aliphatic heterocycles. The van der Waals surface area contributed by atoms with Crippen LogP contribution in [0.3, 0.4) is 0 Å². The van der Waals surface area contributed by atoms with Gasteiger partial charge in [-0.05, 0) is 55.0 Å². The van der Waals surface area contributed by atoms with E-state index in [0.717, 1.165) is 38.8 Å². The molecule has 0 unspecified atom stereocenters. The Balaban J connectivity index is 1.49. The van der Waals surface area contributed by atoms with Crippen LogP contribution in [0.1, 0.15) is 11.1 Å². The Hall–Kier alpha value is -3.31. The molecular weight excluding hydrogens is 392 g/mol. The number of rotatable bonds is 8. The van der Waals surface area contributed by atoms with Crippen LogP contribution in [0, 0.1) is 6.92 Å². The van der Waals surface area contributed by atoms with Crippen LogP contribution in [0.15, 0.2) is 73.3 Å². The quantitative estimate of drug-likeness (QED) is 0.335. The summed E-state index contributed by atoms with van der Waals surface area (Å²) in [7, 11) is 1.65. The van der Waals surface area contributed by atoms with E-state index in [-0.39, 0.29) is 0 Å². The lowest BCUT2D eigenvalue weighted by Gasteiger charge is -2.15. The Morgan fingerprint density at radius 3 is 2.70 bits per heavy atom. The van der Waals surface area contributed by atoms with Gasteiger partial charge in [0.25, 0.3) is 0 Å². The number of benzene rings is 3. The maximum atomic E-state index is 5.82. The molecule has 4 nitrogen and oxygen atoms in total. The molecule has 0 saturated heterocycles. The fourth-order valence-electron chi connectivity index (χ4n) is 3.25. The molecule has 30 heavy (non-hydrogen) atoms. The second-order valence-corrected chi connectivity index (χ2v) is 8.00. The molecule has 0 amide bonds. The van der Waals surface area contributed by atoms with Gasteiger partial charge in [0.15, 0.2) is 11.5 Å². The second kappa shape index (κ2) is 9.01. The molecule has 0 aliphatic rings. The largest absolute Gasteiger partial charge is 0.493 e. The van der Waals surface area contributed by atoms with Crippen LogP contribution in [-0.4, -0.2) is 18.7 Å². The average Bonchev–Trinajstić information content (AvgIpc) is 3.19. The third-order valence-corrected chi connectivity index (χ3v) is 5.85. The first kappa shape index (κ1) is 20.0. The van der Waals surface area contributed by atoms with Crippen molar-refractivity contribution in [1.82, 2.24) is 4.98 Å². The van der Waals surface area contributed by atoms with Crippen LogP contribution in [0.2, 0.25) is 0 Å². The van der Waals surface area contributed by atoms with Gasteiger partial charge in [-0.25, -0.2) is 4.98 Å². The molecule has 1 heterocycles. The lowest BCUT2D eigenvalue weighted by Crippen LogP contribution is -2.05. The highest BCUT2D eigenvalue weighted by molar-refractivity contribution is 7.21. The van der Waals surface area contributed by atoms with Crippen molar-refractivity contribution in [1.29, 1.82) is 0 Å². The van der Waals surface area contributed by atoms with Gasteiger partial charge in [-0.2, -0.15) is 0 Å². The average molecular weight is 417 g/mol. The van der Waals surface area contributed by atoms with E-state index in [2.05, 4.69) is 61.3 Å². The fraction of sp³-hybridized carbons (Fsp3) is 0.160. The molecule has 0 bridgehead atoms. The summed E-state index contributed by atoms with van der Waals surface area (Å²) in [6.45, 7) is 6.89. The number of para-hydroxylation sites is 1. The van der Waals surface area contributed by atoms with Gasteiger partial charge in [-0.1, -0.05) is 30.9 Å². The number of aromatic nitrogens is 1. The molecule has 0 atom stereocenters. The van der Waals surface area contributed by atoms with E-state index in [1.807, 2.05) is 18.2 Å². The summed E-state index contributed by atoms with van der Waals surface area (Å²) in [5.74, 6) is 1.46. The molecule has 0 radical (unpaired) electrons. The third kappa shape index (κ3) is 4.31. The number of fused-ring (bicyclic) bond motifs is 1. The topological polar surface area (TPSA) is 43.4 Å². The predicted molar refractivity (Wildman–Crippen MR) is 126 cm³/mol. The van der Waals surface area contributed by atoms with Gasteiger partial charge in [-0.15, -0.1) is 11.3 Å². The minimum atomic E-state index is 0.434. The zero-order chi connectivity index (χ0) is 20.9. The van der Waals surface area contributed by atoms with Crippen molar-refractivity contribution in [2.24, 2.45) is 0 Å². The van der Waals surface area contributed by atoms with Gasteiger partial charge < -0.3 is 14.8 Å². The molecule has 4 rings (SSSR count).